The highest BCUT2D eigenvalue weighted by atomic mass is 35.5. The van der Waals surface area contributed by atoms with Crippen molar-refractivity contribution in [1.29, 1.82) is 0 Å². The molecule has 4 aromatic rings. The second kappa shape index (κ2) is 12.6. The molecule has 4 rings (SSSR count). The number of halogens is 2. The van der Waals surface area contributed by atoms with Crippen LogP contribution in [0.1, 0.15) is 28.8 Å². The molecule has 0 atom stereocenters. The molecule has 1 N–H and O–H groups in total. The van der Waals surface area contributed by atoms with Gasteiger partial charge in [0.1, 0.15) is 15.8 Å². The van der Waals surface area contributed by atoms with Gasteiger partial charge < -0.3 is 14.8 Å². The molecule has 35 heavy (non-hydrogen) atoms. The Kier molecular flexibility index (Phi) is 9.07. The van der Waals surface area contributed by atoms with E-state index in [0.717, 1.165) is 35.5 Å². The summed E-state index contributed by atoms with van der Waals surface area (Å²) in [6.07, 6.45) is 1.76. The molecular formula is C28H25Cl2NO3S. The minimum Gasteiger partial charge on any atom is -0.494 e. The lowest BCUT2D eigenvalue weighted by Gasteiger charge is -2.10. The quantitative estimate of drug-likeness (QED) is 0.202. The molecule has 1 aromatic heterocycles. The average Bonchev–Trinajstić information content (AvgIpc) is 3.23. The smallest absolute Gasteiger partial charge is 0.253 e. The molecule has 0 unspecified atom stereocenters. The van der Waals surface area contributed by atoms with Crippen molar-refractivity contribution in [3.63, 3.8) is 0 Å². The first kappa shape index (κ1) is 25.1. The van der Waals surface area contributed by atoms with Crippen LogP contribution in [0.4, 0.5) is 0 Å². The van der Waals surface area contributed by atoms with Crippen LogP contribution in [-0.4, -0.2) is 19.1 Å². The monoisotopic (exact) mass is 525 g/mol. The molecule has 0 saturated heterocycles. The molecule has 0 fully saturated rings. The number of amides is 1. The van der Waals surface area contributed by atoms with Gasteiger partial charge in [-0.25, -0.2) is 0 Å². The molecule has 0 aliphatic carbocycles. The largest absolute Gasteiger partial charge is 0.494 e. The fourth-order valence-electron chi connectivity index (χ4n) is 3.50. The number of carbonyl (C=O) groups excluding carboxylic acids is 1. The van der Waals surface area contributed by atoms with Gasteiger partial charge in [-0.2, -0.15) is 0 Å². The normalized spacial score (nSPS) is 10.7. The topological polar surface area (TPSA) is 47.6 Å². The summed E-state index contributed by atoms with van der Waals surface area (Å²) >= 11 is 13.1. The van der Waals surface area contributed by atoms with Crippen molar-refractivity contribution in [2.45, 2.75) is 19.4 Å². The van der Waals surface area contributed by atoms with Crippen molar-refractivity contribution in [2.24, 2.45) is 0 Å². The lowest BCUT2D eigenvalue weighted by molar-refractivity contribution is 0.0951. The Morgan fingerprint density at radius 1 is 0.771 bits per heavy atom. The summed E-state index contributed by atoms with van der Waals surface area (Å²) in [6.45, 7) is 1.59. The summed E-state index contributed by atoms with van der Waals surface area (Å²) < 4.78 is 12.7. The van der Waals surface area contributed by atoms with Crippen molar-refractivity contribution in [1.82, 2.24) is 5.32 Å². The number of unbranched alkanes of at least 4 members (excludes halogenated alkanes) is 1. The van der Waals surface area contributed by atoms with Crippen LogP contribution in [0.3, 0.4) is 0 Å². The standard InChI is InChI=1S/C28H25Cl2NO3S/c29-26-18-25(27(30)35-26)28(32)31-19-20-8-6-12-23(16-20)33-14-4-5-15-34-24-13-7-11-22(17-24)21-9-2-1-3-10-21/h1-3,6-13,16-18H,4-5,14-15,19H2,(H,31,32). The zero-order valence-corrected chi connectivity index (χ0v) is 21.3. The van der Waals surface area contributed by atoms with Crippen LogP contribution < -0.4 is 14.8 Å². The van der Waals surface area contributed by atoms with Crippen LogP contribution >= 0.6 is 34.5 Å². The summed E-state index contributed by atoms with van der Waals surface area (Å²) in [5.41, 5.74) is 3.65. The van der Waals surface area contributed by atoms with Crippen molar-refractivity contribution < 1.29 is 14.3 Å². The fourth-order valence-corrected chi connectivity index (χ4v) is 4.96. The molecule has 7 heteroatoms. The van der Waals surface area contributed by atoms with Crippen LogP contribution in [0.25, 0.3) is 11.1 Å². The van der Waals surface area contributed by atoms with Crippen molar-refractivity contribution in [2.75, 3.05) is 13.2 Å². The maximum absolute atomic E-state index is 12.3. The van der Waals surface area contributed by atoms with Gasteiger partial charge in [0, 0.05) is 6.54 Å². The number of hydrogen-bond acceptors (Lipinski definition) is 4. The Labute approximate surface area is 219 Å². The molecule has 0 radical (unpaired) electrons. The van der Waals surface area contributed by atoms with Gasteiger partial charge in [0.25, 0.3) is 5.91 Å². The molecular weight excluding hydrogens is 501 g/mol. The van der Waals surface area contributed by atoms with Crippen LogP contribution in [0.15, 0.2) is 84.9 Å². The lowest BCUT2D eigenvalue weighted by atomic mass is 10.1. The van der Waals surface area contributed by atoms with Crippen molar-refractivity contribution >= 4 is 40.4 Å². The minimum atomic E-state index is -0.251. The highest BCUT2D eigenvalue weighted by molar-refractivity contribution is 7.20. The van der Waals surface area contributed by atoms with Crippen molar-refractivity contribution in [3.05, 3.63) is 105 Å². The summed E-state index contributed by atoms with van der Waals surface area (Å²) in [5, 5.41) is 2.86. The van der Waals surface area contributed by atoms with Gasteiger partial charge in [-0.1, -0.05) is 77.8 Å². The molecule has 0 bridgehead atoms. The van der Waals surface area contributed by atoms with Crippen molar-refractivity contribution in [3.8, 4) is 22.6 Å². The molecule has 1 amide bonds. The number of carbonyl (C=O) groups is 1. The predicted molar refractivity (Wildman–Crippen MR) is 144 cm³/mol. The van der Waals surface area contributed by atoms with Gasteiger partial charge in [0.05, 0.1) is 23.1 Å². The van der Waals surface area contributed by atoms with Crippen LogP contribution in [-0.2, 0) is 6.54 Å². The Morgan fingerprint density at radius 3 is 2.11 bits per heavy atom. The first-order valence-corrected chi connectivity index (χ1v) is 12.9. The molecule has 1 heterocycles. The van der Waals surface area contributed by atoms with Gasteiger partial charge in [0.15, 0.2) is 0 Å². The van der Waals surface area contributed by atoms with E-state index in [0.29, 0.717) is 34.0 Å². The Hall–Kier alpha value is -2.99. The third kappa shape index (κ3) is 7.49. The second-order valence-corrected chi connectivity index (χ2v) is 10.2. The molecule has 0 aliphatic rings. The number of ether oxygens (including phenoxy) is 2. The molecule has 0 spiro atoms. The lowest BCUT2D eigenvalue weighted by Crippen LogP contribution is -2.22. The molecule has 180 valence electrons. The van der Waals surface area contributed by atoms with E-state index >= 15 is 0 Å². The van der Waals surface area contributed by atoms with Gasteiger partial charge in [-0.15, -0.1) is 11.3 Å². The average molecular weight is 526 g/mol. The van der Waals surface area contributed by atoms with Gasteiger partial charge in [-0.05, 0) is 59.9 Å². The summed E-state index contributed by atoms with van der Waals surface area (Å²) in [7, 11) is 0. The predicted octanol–water partition coefficient (Wildman–Crippen LogP) is 7.89. The van der Waals surface area contributed by atoms with E-state index in [1.807, 2.05) is 54.6 Å². The van der Waals surface area contributed by atoms with E-state index in [2.05, 4.69) is 29.6 Å². The van der Waals surface area contributed by atoms with E-state index in [-0.39, 0.29) is 5.91 Å². The number of hydrogen-bond donors (Lipinski definition) is 1. The van der Waals surface area contributed by atoms with Crippen LogP contribution in [0.5, 0.6) is 11.5 Å². The van der Waals surface area contributed by atoms with E-state index < -0.39 is 0 Å². The third-order valence-corrected chi connectivity index (χ3v) is 6.76. The van der Waals surface area contributed by atoms with E-state index in [9.17, 15) is 4.79 Å². The Balaban J connectivity index is 1.17. The van der Waals surface area contributed by atoms with E-state index in [4.69, 9.17) is 32.7 Å². The highest BCUT2D eigenvalue weighted by Gasteiger charge is 2.14. The highest BCUT2D eigenvalue weighted by Crippen LogP contribution is 2.31. The molecule has 0 saturated carbocycles. The number of rotatable bonds is 11. The zero-order chi connectivity index (χ0) is 24.5. The Bertz CT molecular complexity index is 1260. The number of benzene rings is 3. The van der Waals surface area contributed by atoms with Gasteiger partial charge >= 0.3 is 0 Å². The first-order valence-electron chi connectivity index (χ1n) is 11.3. The van der Waals surface area contributed by atoms with Crippen LogP contribution in [0, 0.1) is 0 Å². The number of thiophene rings is 1. The molecule has 4 nitrogen and oxygen atoms in total. The zero-order valence-electron chi connectivity index (χ0n) is 19.0. The van der Waals surface area contributed by atoms with E-state index in [1.54, 1.807) is 6.07 Å². The summed E-state index contributed by atoms with van der Waals surface area (Å²) in [6, 6.07) is 27.7. The SMILES string of the molecule is O=C(NCc1cccc(OCCCCOc2cccc(-c3ccccc3)c2)c1)c1cc(Cl)sc1Cl. The van der Waals surface area contributed by atoms with Crippen LogP contribution in [0.2, 0.25) is 8.67 Å². The van der Waals surface area contributed by atoms with Gasteiger partial charge in [0.2, 0.25) is 0 Å². The maximum atomic E-state index is 12.3. The minimum absolute atomic E-state index is 0.251. The molecule has 0 aliphatic heterocycles. The summed E-state index contributed by atoms with van der Waals surface area (Å²) in [4.78, 5) is 12.3. The third-order valence-electron chi connectivity index (χ3n) is 5.27. The number of nitrogens with one attached hydrogen (secondary N) is 1. The maximum Gasteiger partial charge on any atom is 0.253 e. The second-order valence-electron chi connectivity index (χ2n) is 7.87. The van der Waals surface area contributed by atoms with E-state index in [1.165, 1.54) is 16.9 Å². The summed E-state index contributed by atoms with van der Waals surface area (Å²) in [5.74, 6) is 1.39. The fraction of sp³-hybridized carbons (Fsp3) is 0.179. The first-order chi connectivity index (χ1) is 17.1. The molecule has 3 aromatic carbocycles. The Morgan fingerprint density at radius 2 is 1.43 bits per heavy atom. The van der Waals surface area contributed by atoms with Gasteiger partial charge in [-0.3, -0.25) is 4.79 Å².